The molecule has 0 aliphatic rings. The topological polar surface area (TPSA) is 121 Å². The maximum atomic E-state index is 8.96. The number of halogens is 2. The number of aliphatic hydroxyl groups is 6. The maximum absolute atomic E-state index is 8.96. The first-order chi connectivity index (χ1) is 5.54. The van der Waals surface area contributed by atoms with E-state index in [0.29, 0.717) is 0 Å². The smallest absolute Gasteiger partial charge is 1.00 e. The Morgan fingerprint density at radius 3 is 1.00 bits per heavy atom. The standard InChI is InChI=1S/C6H14O6.2ClH.Mg/c7-1-3(9)5(11)6(12)4(10)2-8;;;/h3-12H,1-2H2;2*1H;/q;;;+2/p-2/t3-,4+,5-,6-;;;/m1.../s1. The third kappa shape index (κ3) is 8.87. The van der Waals surface area contributed by atoms with Crippen molar-refractivity contribution in [1.82, 2.24) is 0 Å². The third-order valence-corrected chi connectivity index (χ3v) is 1.51. The Kier molecular flexibility index (Phi) is 22.0. The van der Waals surface area contributed by atoms with Gasteiger partial charge in [0.15, 0.2) is 0 Å². The van der Waals surface area contributed by atoms with Gasteiger partial charge in [0.2, 0.25) is 0 Å². The average Bonchev–Trinajstić information content (AvgIpc) is 2.12. The molecular weight excluding hydrogens is 263 g/mol. The van der Waals surface area contributed by atoms with Crippen molar-refractivity contribution in [3.05, 3.63) is 0 Å². The minimum Gasteiger partial charge on any atom is -1.00 e. The van der Waals surface area contributed by atoms with E-state index in [0.717, 1.165) is 0 Å². The van der Waals surface area contributed by atoms with E-state index in [9.17, 15) is 0 Å². The quantitative estimate of drug-likeness (QED) is 0.278. The van der Waals surface area contributed by atoms with Crippen LogP contribution < -0.4 is 24.8 Å². The Balaban J connectivity index is -0.000000202. The molecule has 0 fully saturated rings. The Labute approximate surface area is 116 Å². The van der Waals surface area contributed by atoms with E-state index in [2.05, 4.69) is 0 Å². The molecule has 0 spiro atoms. The van der Waals surface area contributed by atoms with E-state index in [1.165, 1.54) is 0 Å². The van der Waals surface area contributed by atoms with E-state index >= 15 is 0 Å². The van der Waals surface area contributed by atoms with Crippen molar-refractivity contribution in [3.8, 4) is 0 Å². The SMILES string of the molecule is OC[C@@H](O)[C@@H](O)[C@H](O)[C@@H](O)CO.[Cl-].[Cl-].[Mg+2]. The van der Waals surface area contributed by atoms with Crippen LogP contribution >= 0.6 is 0 Å². The van der Waals surface area contributed by atoms with E-state index in [-0.39, 0.29) is 47.9 Å². The van der Waals surface area contributed by atoms with E-state index < -0.39 is 37.6 Å². The second-order valence-electron chi connectivity index (χ2n) is 2.48. The minimum absolute atomic E-state index is 0. The molecule has 0 rings (SSSR count). The van der Waals surface area contributed by atoms with Crippen molar-refractivity contribution >= 4 is 23.1 Å². The van der Waals surface area contributed by atoms with Crippen LogP contribution in [-0.4, -0.2) is 91.3 Å². The van der Waals surface area contributed by atoms with Crippen molar-refractivity contribution in [2.45, 2.75) is 24.4 Å². The molecule has 0 radical (unpaired) electrons. The largest absolute Gasteiger partial charge is 2.00 e. The number of hydrogen-bond acceptors (Lipinski definition) is 6. The fourth-order valence-corrected chi connectivity index (χ4v) is 0.671. The van der Waals surface area contributed by atoms with Crippen molar-refractivity contribution in [2.75, 3.05) is 13.2 Å². The van der Waals surface area contributed by atoms with Crippen molar-refractivity contribution in [1.29, 1.82) is 0 Å². The van der Waals surface area contributed by atoms with Gasteiger partial charge in [-0.3, -0.25) is 0 Å². The number of hydrogen-bond donors (Lipinski definition) is 6. The summed E-state index contributed by atoms with van der Waals surface area (Å²) in [5, 5.41) is 52.2. The van der Waals surface area contributed by atoms with Gasteiger partial charge in [-0.2, -0.15) is 0 Å². The minimum atomic E-state index is -1.67. The van der Waals surface area contributed by atoms with Gasteiger partial charge in [0.05, 0.1) is 13.2 Å². The molecule has 0 heterocycles. The van der Waals surface area contributed by atoms with Gasteiger partial charge in [0, 0.05) is 0 Å². The first kappa shape index (κ1) is 25.1. The van der Waals surface area contributed by atoms with Gasteiger partial charge in [0.1, 0.15) is 24.4 Å². The van der Waals surface area contributed by atoms with Crippen molar-refractivity contribution in [2.24, 2.45) is 0 Å². The van der Waals surface area contributed by atoms with Crippen LogP contribution in [0.3, 0.4) is 0 Å². The van der Waals surface area contributed by atoms with Gasteiger partial charge < -0.3 is 55.5 Å². The van der Waals surface area contributed by atoms with Gasteiger partial charge in [-0.15, -0.1) is 0 Å². The van der Waals surface area contributed by atoms with Gasteiger partial charge in [-0.1, -0.05) is 0 Å². The second-order valence-corrected chi connectivity index (χ2v) is 2.48. The normalized spacial score (nSPS) is 17.2. The Morgan fingerprint density at radius 1 is 0.667 bits per heavy atom. The van der Waals surface area contributed by atoms with Crippen LogP contribution in [-0.2, 0) is 0 Å². The maximum Gasteiger partial charge on any atom is 2.00 e. The molecule has 0 unspecified atom stereocenters. The molecule has 4 atom stereocenters. The summed E-state index contributed by atoms with van der Waals surface area (Å²) in [6.07, 6.45) is -6.39. The van der Waals surface area contributed by atoms with Gasteiger partial charge in [-0.05, 0) is 0 Å². The molecule has 0 bridgehead atoms. The Hall–Kier alpha value is 1.11. The first-order valence-corrected chi connectivity index (χ1v) is 3.48. The van der Waals surface area contributed by atoms with Crippen LogP contribution in [0, 0.1) is 0 Å². The molecule has 0 aliphatic heterocycles. The molecule has 0 amide bonds. The monoisotopic (exact) mass is 276 g/mol. The number of rotatable bonds is 5. The molecule has 6 N–H and O–H groups in total. The first-order valence-electron chi connectivity index (χ1n) is 3.48. The van der Waals surface area contributed by atoms with Gasteiger partial charge in [0.25, 0.3) is 0 Å². The summed E-state index contributed by atoms with van der Waals surface area (Å²) in [7, 11) is 0. The van der Waals surface area contributed by atoms with E-state index in [1.54, 1.807) is 0 Å². The summed E-state index contributed by atoms with van der Waals surface area (Å²) in [5.74, 6) is 0. The second kappa shape index (κ2) is 13.2. The zero-order chi connectivity index (χ0) is 9.72. The molecule has 0 aromatic rings. The zero-order valence-electron chi connectivity index (χ0n) is 7.87. The Morgan fingerprint density at radius 2 is 0.867 bits per heavy atom. The predicted octanol–water partition coefficient (Wildman–Crippen LogP) is -9.96. The summed E-state index contributed by atoms with van der Waals surface area (Å²) in [4.78, 5) is 0. The molecular formula is C6H14Cl2MgO6. The van der Waals surface area contributed by atoms with Crippen LogP contribution in [0.2, 0.25) is 0 Å². The number of aliphatic hydroxyl groups excluding tert-OH is 6. The molecule has 0 aromatic heterocycles. The molecule has 90 valence electrons. The molecule has 15 heavy (non-hydrogen) atoms. The van der Waals surface area contributed by atoms with E-state index in [4.69, 9.17) is 30.6 Å². The van der Waals surface area contributed by atoms with Crippen LogP contribution in [0.4, 0.5) is 0 Å². The average molecular weight is 277 g/mol. The summed E-state index contributed by atoms with van der Waals surface area (Å²) in [6, 6.07) is 0. The molecule has 0 saturated carbocycles. The predicted molar refractivity (Wildman–Crippen MR) is 44.0 cm³/mol. The molecule has 9 heteroatoms. The molecule has 6 nitrogen and oxygen atoms in total. The zero-order valence-corrected chi connectivity index (χ0v) is 10.8. The summed E-state index contributed by atoms with van der Waals surface area (Å²) < 4.78 is 0. The molecule has 0 aromatic carbocycles. The van der Waals surface area contributed by atoms with Crippen LogP contribution in [0.5, 0.6) is 0 Å². The fraction of sp³-hybridized carbons (Fsp3) is 1.00. The molecule has 0 aliphatic carbocycles. The molecule has 0 saturated heterocycles. The van der Waals surface area contributed by atoms with Gasteiger partial charge in [-0.25, -0.2) is 0 Å². The summed E-state index contributed by atoms with van der Waals surface area (Å²) in [5.41, 5.74) is 0. The Bertz CT molecular complexity index is 118. The van der Waals surface area contributed by atoms with Gasteiger partial charge >= 0.3 is 23.1 Å². The van der Waals surface area contributed by atoms with Crippen LogP contribution in [0.25, 0.3) is 0 Å². The van der Waals surface area contributed by atoms with E-state index in [1.807, 2.05) is 0 Å². The van der Waals surface area contributed by atoms with Crippen LogP contribution in [0.15, 0.2) is 0 Å². The van der Waals surface area contributed by atoms with Crippen molar-refractivity contribution in [3.63, 3.8) is 0 Å². The van der Waals surface area contributed by atoms with Crippen LogP contribution in [0.1, 0.15) is 0 Å². The summed E-state index contributed by atoms with van der Waals surface area (Å²) in [6.45, 7) is -1.45. The third-order valence-electron chi connectivity index (χ3n) is 1.51. The summed E-state index contributed by atoms with van der Waals surface area (Å²) >= 11 is 0. The fourth-order valence-electron chi connectivity index (χ4n) is 0.671. The van der Waals surface area contributed by atoms with Crippen molar-refractivity contribution < 1.29 is 55.5 Å².